The third-order valence-electron chi connectivity index (χ3n) is 2.97. The maximum absolute atomic E-state index is 5.70. The quantitative estimate of drug-likeness (QED) is 0.534. The summed E-state index contributed by atoms with van der Waals surface area (Å²) in [7, 11) is 1.63. The van der Waals surface area contributed by atoms with Crippen molar-refractivity contribution in [1.29, 1.82) is 0 Å². The highest BCUT2D eigenvalue weighted by Gasteiger charge is 2.10. The first-order valence-electron chi connectivity index (χ1n) is 6.35. The standard InChI is InChI=1S/C17H17IO2/c1-13-6-8-15(9-7-13)17-14(10-11-18)4-3-5-16(17)20-12-19-2/h3-11H,12H2,1-2H3/b11-10+. The van der Waals surface area contributed by atoms with Gasteiger partial charge in [0.2, 0.25) is 0 Å². The predicted octanol–water partition coefficient (Wildman–Crippen LogP) is 5.05. The lowest BCUT2D eigenvalue weighted by Gasteiger charge is -2.14. The topological polar surface area (TPSA) is 18.5 Å². The summed E-state index contributed by atoms with van der Waals surface area (Å²) in [6.45, 7) is 2.33. The average Bonchev–Trinajstić information content (AvgIpc) is 2.47. The molecule has 104 valence electrons. The monoisotopic (exact) mass is 380 g/mol. The van der Waals surface area contributed by atoms with E-state index in [1.54, 1.807) is 7.11 Å². The number of halogens is 1. The molecule has 0 heterocycles. The molecular weight excluding hydrogens is 363 g/mol. The van der Waals surface area contributed by atoms with Gasteiger partial charge in [-0.05, 0) is 34.3 Å². The Morgan fingerprint density at radius 3 is 2.50 bits per heavy atom. The Kier molecular flexibility index (Phi) is 5.61. The van der Waals surface area contributed by atoms with Crippen LogP contribution in [-0.2, 0) is 4.74 Å². The first kappa shape index (κ1) is 15.1. The van der Waals surface area contributed by atoms with Crippen LogP contribution in [0.3, 0.4) is 0 Å². The number of aryl methyl sites for hydroxylation is 1. The lowest BCUT2D eigenvalue weighted by Crippen LogP contribution is -2.01. The van der Waals surface area contributed by atoms with E-state index in [0.717, 1.165) is 22.4 Å². The first-order chi connectivity index (χ1) is 9.76. The highest BCUT2D eigenvalue weighted by atomic mass is 127. The number of hydrogen-bond donors (Lipinski definition) is 0. The molecule has 0 saturated heterocycles. The smallest absolute Gasteiger partial charge is 0.188 e. The molecule has 0 bridgehead atoms. The van der Waals surface area contributed by atoms with Crippen LogP contribution in [0.5, 0.6) is 5.75 Å². The Bertz CT molecular complexity index is 588. The van der Waals surface area contributed by atoms with Gasteiger partial charge in [0, 0.05) is 12.7 Å². The van der Waals surface area contributed by atoms with Crippen LogP contribution in [0.1, 0.15) is 11.1 Å². The molecular formula is C17H17IO2. The van der Waals surface area contributed by atoms with Gasteiger partial charge in [0.25, 0.3) is 0 Å². The zero-order chi connectivity index (χ0) is 14.4. The minimum Gasteiger partial charge on any atom is -0.467 e. The highest BCUT2D eigenvalue weighted by Crippen LogP contribution is 2.34. The van der Waals surface area contributed by atoms with Crippen molar-refractivity contribution < 1.29 is 9.47 Å². The van der Waals surface area contributed by atoms with Gasteiger partial charge in [-0.2, -0.15) is 0 Å². The summed E-state index contributed by atoms with van der Waals surface area (Å²) in [5.41, 5.74) is 4.62. The van der Waals surface area contributed by atoms with Gasteiger partial charge in [-0.1, -0.05) is 64.6 Å². The molecule has 0 N–H and O–H groups in total. The van der Waals surface area contributed by atoms with Crippen molar-refractivity contribution in [3.8, 4) is 16.9 Å². The Morgan fingerprint density at radius 2 is 1.85 bits per heavy atom. The van der Waals surface area contributed by atoms with Crippen molar-refractivity contribution in [1.82, 2.24) is 0 Å². The fourth-order valence-corrected chi connectivity index (χ4v) is 2.41. The van der Waals surface area contributed by atoms with E-state index in [1.165, 1.54) is 5.56 Å². The van der Waals surface area contributed by atoms with Crippen molar-refractivity contribution in [2.75, 3.05) is 13.9 Å². The maximum Gasteiger partial charge on any atom is 0.188 e. The van der Waals surface area contributed by atoms with Gasteiger partial charge in [-0.25, -0.2) is 0 Å². The second-order valence-electron chi connectivity index (χ2n) is 4.43. The fourth-order valence-electron chi connectivity index (χ4n) is 2.03. The zero-order valence-corrected chi connectivity index (χ0v) is 13.8. The highest BCUT2D eigenvalue weighted by molar-refractivity contribution is 14.1. The van der Waals surface area contributed by atoms with Crippen LogP contribution in [-0.4, -0.2) is 13.9 Å². The molecule has 0 fully saturated rings. The summed E-state index contributed by atoms with van der Waals surface area (Å²) in [5, 5.41) is 0. The van der Waals surface area contributed by atoms with Gasteiger partial charge >= 0.3 is 0 Å². The van der Waals surface area contributed by atoms with Crippen LogP contribution in [0.2, 0.25) is 0 Å². The molecule has 2 nitrogen and oxygen atoms in total. The largest absolute Gasteiger partial charge is 0.467 e. The third kappa shape index (κ3) is 3.61. The summed E-state index contributed by atoms with van der Waals surface area (Å²) in [6, 6.07) is 14.5. The van der Waals surface area contributed by atoms with E-state index in [0.29, 0.717) is 0 Å². The van der Waals surface area contributed by atoms with Crippen molar-refractivity contribution in [2.45, 2.75) is 6.92 Å². The second kappa shape index (κ2) is 7.45. The van der Waals surface area contributed by atoms with Crippen molar-refractivity contribution >= 4 is 28.7 Å². The van der Waals surface area contributed by atoms with Crippen molar-refractivity contribution in [3.05, 3.63) is 57.7 Å². The van der Waals surface area contributed by atoms with Crippen molar-refractivity contribution in [2.24, 2.45) is 0 Å². The minimum atomic E-state index is 0.246. The lowest BCUT2D eigenvalue weighted by atomic mass is 9.98. The Morgan fingerprint density at radius 1 is 1.10 bits per heavy atom. The molecule has 0 aromatic heterocycles. The van der Waals surface area contributed by atoms with Crippen LogP contribution in [0.4, 0.5) is 0 Å². The number of ether oxygens (including phenoxy) is 2. The van der Waals surface area contributed by atoms with Crippen LogP contribution >= 0.6 is 22.6 Å². The maximum atomic E-state index is 5.70. The fraction of sp³-hybridized carbons (Fsp3) is 0.176. The van der Waals surface area contributed by atoms with Gasteiger partial charge in [0.1, 0.15) is 5.75 Å². The molecule has 2 rings (SSSR count). The van der Waals surface area contributed by atoms with E-state index in [4.69, 9.17) is 9.47 Å². The molecule has 0 atom stereocenters. The normalized spacial score (nSPS) is 10.9. The van der Waals surface area contributed by atoms with E-state index in [-0.39, 0.29) is 6.79 Å². The van der Waals surface area contributed by atoms with Crippen molar-refractivity contribution in [3.63, 3.8) is 0 Å². The molecule has 0 saturated carbocycles. The molecule has 0 aliphatic rings. The third-order valence-corrected chi connectivity index (χ3v) is 3.33. The van der Waals surface area contributed by atoms with E-state index < -0.39 is 0 Å². The molecule has 2 aromatic carbocycles. The minimum absolute atomic E-state index is 0.246. The summed E-state index contributed by atoms with van der Waals surface area (Å²) < 4.78 is 12.7. The van der Waals surface area contributed by atoms with Crippen LogP contribution in [0.15, 0.2) is 46.5 Å². The molecule has 0 radical (unpaired) electrons. The predicted molar refractivity (Wildman–Crippen MR) is 92.2 cm³/mol. The van der Waals surface area contributed by atoms with Crippen LogP contribution in [0, 0.1) is 6.92 Å². The molecule has 2 aromatic rings. The number of methoxy groups -OCH3 is 1. The molecule has 0 unspecified atom stereocenters. The van der Waals surface area contributed by atoms with E-state index in [1.807, 2.05) is 16.2 Å². The van der Waals surface area contributed by atoms with E-state index in [9.17, 15) is 0 Å². The molecule has 3 heteroatoms. The van der Waals surface area contributed by atoms with Crippen LogP contribution in [0.25, 0.3) is 17.2 Å². The second-order valence-corrected chi connectivity index (χ2v) is 5.15. The molecule has 0 spiro atoms. The summed E-state index contributed by atoms with van der Waals surface area (Å²) >= 11 is 2.23. The Hall–Kier alpha value is -1.33. The average molecular weight is 380 g/mol. The molecule has 0 aliphatic carbocycles. The van der Waals surface area contributed by atoms with Gasteiger partial charge in [0.05, 0.1) is 0 Å². The summed E-state index contributed by atoms with van der Waals surface area (Å²) in [5.74, 6) is 0.836. The number of rotatable bonds is 5. The van der Waals surface area contributed by atoms with Gasteiger partial charge < -0.3 is 9.47 Å². The Balaban J connectivity index is 2.53. The molecule has 20 heavy (non-hydrogen) atoms. The van der Waals surface area contributed by atoms with E-state index >= 15 is 0 Å². The van der Waals surface area contributed by atoms with Crippen LogP contribution < -0.4 is 4.74 Å². The zero-order valence-electron chi connectivity index (χ0n) is 11.6. The molecule has 0 aliphatic heterocycles. The number of hydrogen-bond acceptors (Lipinski definition) is 2. The van der Waals surface area contributed by atoms with Gasteiger partial charge in [-0.3, -0.25) is 0 Å². The molecule has 0 amide bonds. The lowest BCUT2D eigenvalue weighted by molar-refractivity contribution is 0.0515. The first-order valence-corrected chi connectivity index (χ1v) is 7.59. The Labute approximate surface area is 133 Å². The summed E-state index contributed by atoms with van der Waals surface area (Å²) in [4.78, 5) is 0. The van der Waals surface area contributed by atoms with E-state index in [2.05, 4.69) is 65.9 Å². The van der Waals surface area contributed by atoms with Gasteiger partial charge in [0.15, 0.2) is 6.79 Å². The number of benzene rings is 2. The SMILES string of the molecule is COCOc1cccc(/C=C/I)c1-c1ccc(C)cc1. The van der Waals surface area contributed by atoms with Gasteiger partial charge in [-0.15, -0.1) is 0 Å². The summed E-state index contributed by atoms with van der Waals surface area (Å²) in [6.07, 6.45) is 2.08.